The minimum absolute atomic E-state index is 0. The first-order valence-electron chi connectivity index (χ1n) is 9.23. The van der Waals surface area contributed by atoms with Gasteiger partial charge in [0.15, 0.2) is 0 Å². The number of aryl methyl sites for hydroxylation is 2. The number of nitrogens with zero attached hydrogens (tertiary/aromatic N) is 3. The van der Waals surface area contributed by atoms with Gasteiger partial charge in [0.2, 0.25) is 6.33 Å². The van der Waals surface area contributed by atoms with Crippen LogP contribution >= 0.6 is 9.53 Å². The minimum atomic E-state index is 0. The predicted molar refractivity (Wildman–Crippen MR) is 104 cm³/mol. The van der Waals surface area contributed by atoms with Crippen LogP contribution in [0.5, 0.6) is 5.75 Å². The number of halogens is 2. The quantitative estimate of drug-likeness (QED) is 0.0856. The molecule has 0 bridgehead atoms. The summed E-state index contributed by atoms with van der Waals surface area (Å²) in [6.07, 6.45) is 12.3. The summed E-state index contributed by atoms with van der Waals surface area (Å²) >= 11 is 2.22. The molecule has 0 saturated heterocycles. The molecule has 0 aliphatic rings. The van der Waals surface area contributed by atoms with Gasteiger partial charge in [-0.15, -0.1) is 35.0 Å². The van der Waals surface area contributed by atoms with Crippen molar-refractivity contribution in [3.05, 3.63) is 48.5 Å². The average molecular weight is 565 g/mol. The van der Waals surface area contributed by atoms with Crippen molar-refractivity contribution in [3.63, 3.8) is 0 Å². The van der Waals surface area contributed by atoms with Crippen molar-refractivity contribution in [1.29, 1.82) is 0 Å². The molecule has 2 aromatic rings. The number of hydrogen-bond donors (Lipinski definition) is 1. The molecule has 0 aliphatic heterocycles. The van der Waals surface area contributed by atoms with E-state index < -0.39 is 0 Å². The van der Waals surface area contributed by atoms with E-state index in [0.717, 1.165) is 43.7 Å². The van der Waals surface area contributed by atoms with E-state index in [1.165, 1.54) is 12.8 Å². The Balaban J connectivity index is 0.00000235. The van der Waals surface area contributed by atoms with E-state index in [4.69, 9.17) is 9.94 Å². The molecule has 1 aromatic carbocycles. The van der Waals surface area contributed by atoms with Crippen LogP contribution in [0.2, 0.25) is 0 Å². The zero-order chi connectivity index (χ0) is 19.9. The van der Waals surface area contributed by atoms with Gasteiger partial charge in [0.05, 0.1) is 19.7 Å². The zero-order valence-corrected chi connectivity index (χ0v) is 20.3. The summed E-state index contributed by atoms with van der Waals surface area (Å²) in [6, 6.07) is 8.58. The molecule has 8 heteroatoms. The third kappa shape index (κ3) is 10.6. The predicted octanol–water partition coefficient (Wildman–Crippen LogP) is 1.51. The van der Waals surface area contributed by atoms with E-state index in [0.29, 0.717) is 12.3 Å². The van der Waals surface area contributed by atoms with Crippen LogP contribution in [0.3, 0.4) is 0 Å². The Labute approximate surface area is 193 Å². The Morgan fingerprint density at radius 3 is 2.71 bits per heavy atom. The molecule has 5 nitrogen and oxygen atoms in total. The number of benzene rings is 1. The second-order valence-corrected chi connectivity index (χ2v) is 6.28. The molecule has 0 unspecified atom stereocenters. The number of hydrogen-bond acceptors (Lipinski definition) is 3. The molecular formula is C20H29BrClN3O2Pd. The van der Waals surface area contributed by atoms with Crippen molar-refractivity contribution in [3.8, 4) is 5.75 Å². The Hall–Kier alpha value is -0.868. The fourth-order valence-corrected chi connectivity index (χ4v) is 2.59. The van der Waals surface area contributed by atoms with Crippen LogP contribution in [0.15, 0.2) is 42.1 Å². The van der Waals surface area contributed by atoms with E-state index in [-0.39, 0.29) is 17.0 Å². The van der Waals surface area contributed by atoms with E-state index in [1.807, 2.05) is 12.1 Å². The first-order valence-corrected chi connectivity index (χ1v) is 11.2. The number of imidazole rings is 1. The second kappa shape index (κ2) is 17.0. The van der Waals surface area contributed by atoms with Crippen LogP contribution < -0.4 is 26.3 Å². The molecule has 1 aromatic heterocycles. The summed E-state index contributed by atoms with van der Waals surface area (Å²) in [4.78, 5) is 0. The molecule has 160 valence electrons. The van der Waals surface area contributed by atoms with Gasteiger partial charge in [-0.3, -0.25) is 0 Å². The van der Waals surface area contributed by atoms with Gasteiger partial charge in [0.25, 0.3) is 0 Å². The van der Waals surface area contributed by atoms with Gasteiger partial charge in [-0.1, -0.05) is 20.3 Å². The molecule has 0 atom stereocenters. The normalized spacial score (nSPS) is 10.7. The molecule has 28 heavy (non-hydrogen) atoms. The van der Waals surface area contributed by atoms with Crippen LogP contribution in [-0.2, 0) is 31.3 Å². The standard InChI is InChI=1S/C20H29N3O2.BrH.ClH.Pd/c1-3-4-12-22-14-15-23(17-22)13-6-5-7-16-25-20-10-8-19(9-11-20)18(2)21-24;;;/h8,10-11,14-15,17,24H,3-7,12-13,16H2,1-2H3;2*1H;/q;;;+2/p-2/b21-18+;;;. The summed E-state index contributed by atoms with van der Waals surface area (Å²) in [7, 11) is 4.49. The van der Waals surface area contributed by atoms with Crippen molar-refractivity contribution < 1.29 is 49.7 Å². The summed E-state index contributed by atoms with van der Waals surface area (Å²) in [5, 5.41) is 11.9. The molecule has 0 spiro atoms. The molecular weight excluding hydrogens is 536 g/mol. The molecule has 2 rings (SSSR count). The number of aromatic nitrogens is 2. The van der Waals surface area contributed by atoms with Crippen molar-refractivity contribution in [2.24, 2.45) is 5.16 Å². The van der Waals surface area contributed by atoms with Gasteiger partial charge >= 0.3 is 27.7 Å². The van der Waals surface area contributed by atoms with Crippen molar-refractivity contribution >= 4 is 15.2 Å². The van der Waals surface area contributed by atoms with Crippen LogP contribution in [0.25, 0.3) is 0 Å². The summed E-state index contributed by atoms with van der Waals surface area (Å²) in [5.74, 6) is 0.803. The van der Waals surface area contributed by atoms with Gasteiger partial charge < -0.3 is 26.9 Å². The third-order valence-electron chi connectivity index (χ3n) is 4.17. The average Bonchev–Trinajstić information content (AvgIpc) is 3.18. The third-order valence-corrected chi connectivity index (χ3v) is 4.17. The van der Waals surface area contributed by atoms with Gasteiger partial charge in [-0.2, -0.15) is 0 Å². The first kappa shape index (κ1) is 27.1. The monoisotopic (exact) mass is 563 g/mol. The molecule has 0 fully saturated rings. The van der Waals surface area contributed by atoms with Crippen molar-refractivity contribution in [2.45, 2.75) is 59.0 Å². The maximum absolute atomic E-state index is 8.74. The van der Waals surface area contributed by atoms with Gasteiger partial charge in [-0.05, 0) is 25.7 Å². The van der Waals surface area contributed by atoms with Gasteiger partial charge in [-0.25, -0.2) is 9.13 Å². The van der Waals surface area contributed by atoms with Crippen LogP contribution in [0.1, 0.15) is 51.5 Å². The fraction of sp³-hybridized carbons (Fsp3) is 0.500. The van der Waals surface area contributed by atoms with Crippen LogP contribution in [-0.4, -0.2) is 22.1 Å². The first-order chi connectivity index (χ1) is 13.2. The Morgan fingerprint density at radius 1 is 1.29 bits per heavy atom. The molecule has 0 amide bonds. The summed E-state index contributed by atoms with van der Waals surface area (Å²) < 4.78 is 10.2. The molecule has 0 saturated carbocycles. The Kier molecular flexibility index (Phi) is 16.5. The van der Waals surface area contributed by atoms with E-state index in [2.05, 4.69) is 73.7 Å². The molecule has 1 N–H and O–H groups in total. The van der Waals surface area contributed by atoms with Crippen LogP contribution in [0.4, 0.5) is 0 Å². The van der Waals surface area contributed by atoms with Crippen LogP contribution in [0, 0.1) is 6.07 Å². The number of oxime groups is 1. The van der Waals surface area contributed by atoms with Crippen molar-refractivity contribution in [2.75, 3.05) is 6.61 Å². The Bertz CT molecular complexity index is 666. The second-order valence-electron chi connectivity index (χ2n) is 6.28. The molecule has 1 heterocycles. The SMILES string of the molecule is CCCCn1cc[n+](CCCCCOc2c[c-]c(/C(C)=N/O)cc2)c1.[Br-].[Cl][Pd+]. The molecule has 0 aliphatic carbocycles. The summed E-state index contributed by atoms with van der Waals surface area (Å²) in [6.45, 7) is 6.83. The van der Waals surface area contributed by atoms with E-state index in [1.54, 1.807) is 13.0 Å². The van der Waals surface area contributed by atoms with Crippen molar-refractivity contribution in [1.82, 2.24) is 4.57 Å². The topological polar surface area (TPSA) is 50.6 Å². The van der Waals surface area contributed by atoms with E-state index in [9.17, 15) is 0 Å². The fourth-order valence-electron chi connectivity index (χ4n) is 2.59. The summed E-state index contributed by atoms with van der Waals surface area (Å²) in [5.41, 5.74) is 1.32. The number of ether oxygens (including phenoxy) is 1. The Morgan fingerprint density at radius 2 is 2.07 bits per heavy atom. The van der Waals surface area contributed by atoms with E-state index >= 15 is 0 Å². The number of unbranched alkanes of at least 4 members (excludes halogenated alkanes) is 3. The van der Waals surface area contributed by atoms with Gasteiger partial charge in [0.1, 0.15) is 12.4 Å². The number of rotatable bonds is 11. The van der Waals surface area contributed by atoms with Gasteiger partial charge in [0, 0.05) is 11.5 Å². The zero-order valence-electron chi connectivity index (χ0n) is 16.4. The maximum atomic E-state index is 8.74. The molecule has 0 radical (unpaired) electrons.